The average molecular weight is 591 g/mol. The van der Waals surface area contributed by atoms with Gasteiger partial charge in [0.25, 0.3) is 0 Å². The molecule has 0 radical (unpaired) electrons. The van der Waals surface area contributed by atoms with Gasteiger partial charge in [-0.25, -0.2) is 0 Å². The van der Waals surface area contributed by atoms with E-state index < -0.39 is 29.6 Å². The molecule has 2 aliphatic heterocycles. The van der Waals surface area contributed by atoms with Crippen LogP contribution in [0.5, 0.6) is 17.2 Å². The summed E-state index contributed by atoms with van der Waals surface area (Å²) in [5.41, 5.74) is 1.67. The third kappa shape index (κ3) is 4.32. The molecule has 3 saturated carbocycles. The van der Waals surface area contributed by atoms with Crippen LogP contribution >= 0.6 is 0 Å². The van der Waals surface area contributed by atoms with Gasteiger partial charge in [-0.05, 0) is 62.1 Å². The number of methoxy groups -OCH3 is 2. The minimum absolute atomic E-state index is 0.0444. The maximum absolute atomic E-state index is 14.3. The van der Waals surface area contributed by atoms with E-state index in [-0.39, 0.29) is 58.9 Å². The number of carbonyl (C=O) groups is 4. The van der Waals surface area contributed by atoms with Gasteiger partial charge in [0.1, 0.15) is 0 Å². The molecule has 4 aliphatic carbocycles. The average Bonchev–Trinajstić information content (AvgIpc) is 3.44. The fraction of sp³-hybridized carbons (Fsp3) is 0.647. The third-order valence-corrected chi connectivity index (χ3v) is 11.5. The van der Waals surface area contributed by atoms with Gasteiger partial charge in [0, 0.05) is 18.0 Å². The van der Waals surface area contributed by atoms with Crippen LogP contribution in [0.1, 0.15) is 88.5 Å². The summed E-state index contributed by atoms with van der Waals surface area (Å²) >= 11 is 0. The van der Waals surface area contributed by atoms with E-state index >= 15 is 0 Å². The Hall–Kier alpha value is -3.36. The zero-order valence-corrected chi connectivity index (χ0v) is 25.1. The number of hydrogen-bond acceptors (Lipinski definition) is 7. The summed E-state index contributed by atoms with van der Waals surface area (Å²) in [6.45, 7) is 0. The Labute approximate surface area is 252 Å². The molecule has 1 aromatic rings. The van der Waals surface area contributed by atoms with Crippen molar-refractivity contribution >= 4 is 23.6 Å². The number of allylic oxidation sites excluding steroid dienone is 2. The van der Waals surface area contributed by atoms with Crippen molar-refractivity contribution in [3.8, 4) is 17.2 Å². The first kappa shape index (κ1) is 28.4. The first-order chi connectivity index (χ1) is 20.8. The Morgan fingerprint density at radius 1 is 0.674 bits per heavy atom. The lowest BCUT2D eigenvalue weighted by Gasteiger charge is -2.44. The lowest BCUT2D eigenvalue weighted by molar-refractivity contribution is -0.145. The van der Waals surface area contributed by atoms with E-state index in [2.05, 4.69) is 6.08 Å². The van der Waals surface area contributed by atoms with Crippen molar-refractivity contribution in [2.75, 3.05) is 14.2 Å². The van der Waals surface area contributed by atoms with Gasteiger partial charge in [-0.3, -0.25) is 29.0 Å². The predicted molar refractivity (Wildman–Crippen MR) is 156 cm³/mol. The minimum atomic E-state index is -0.617. The van der Waals surface area contributed by atoms with Crippen molar-refractivity contribution in [2.24, 2.45) is 29.6 Å². The molecule has 6 unspecified atom stereocenters. The summed E-state index contributed by atoms with van der Waals surface area (Å²) in [6.07, 6.45) is 12.5. The van der Waals surface area contributed by atoms with E-state index in [0.29, 0.717) is 18.4 Å². The maximum atomic E-state index is 14.3. The van der Waals surface area contributed by atoms with E-state index in [9.17, 15) is 24.3 Å². The highest BCUT2D eigenvalue weighted by Gasteiger charge is 2.63. The summed E-state index contributed by atoms with van der Waals surface area (Å²) < 4.78 is 11.0. The number of amides is 4. The smallest absolute Gasteiger partial charge is 0.234 e. The molecule has 0 bridgehead atoms. The van der Waals surface area contributed by atoms with Gasteiger partial charge in [-0.2, -0.15) is 0 Å². The van der Waals surface area contributed by atoms with Crippen molar-refractivity contribution in [2.45, 2.75) is 95.1 Å². The van der Waals surface area contributed by atoms with E-state index in [1.807, 2.05) is 0 Å². The highest BCUT2D eigenvalue weighted by atomic mass is 16.5. The Morgan fingerprint density at radius 2 is 1.19 bits per heavy atom. The number of hydrogen-bond donors (Lipinski definition) is 1. The first-order valence-corrected chi connectivity index (χ1v) is 16.2. The molecular weight excluding hydrogens is 548 g/mol. The van der Waals surface area contributed by atoms with Gasteiger partial charge in [0.2, 0.25) is 29.4 Å². The summed E-state index contributed by atoms with van der Waals surface area (Å²) in [7, 11) is 2.93. The zero-order valence-electron chi connectivity index (χ0n) is 25.1. The number of likely N-dealkylation sites (tertiary alicyclic amines) is 2. The Balaban J connectivity index is 1.32. The summed E-state index contributed by atoms with van der Waals surface area (Å²) in [5, 5.41) is 10.7. The Bertz CT molecular complexity index is 1350. The molecule has 5 fully saturated rings. The maximum Gasteiger partial charge on any atom is 0.234 e. The molecule has 43 heavy (non-hydrogen) atoms. The fourth-order valence-corrected chi connectivity index (χ4v) is 9.50. The van der Waals surface area contributed by atoms with E-state index in [0.717, 1.165) is 69.8 Å². The van der Waals surface area contributed by atoms with Crippen molar-refractivity contribution in [1.82, 2.24) is 9.80 Å². The molecule has 7 rings (SSSR count). The van der Waals surface area contributed by atoms with Crippen molar-refractivity contribution in [1.29, 1.82) is 0 Å². The lowest BCUT2D eigenvalue weighted by atomic mass is 9.57. The number of fused-ring (bicyclic) bond motifs is 4. The van der Waals surface area contributed by atoms with Crippen LogP contribution in [0.25, 0.3) is 0 Å². The number of rotatable bonds is 5. The second-order valence-corrected chi connectivity index (χ2v) is 13.5. The third-order valence-electron chi connectivity index (χ3n) is 11.5. The molecule has 2 heterocycles. The molecule has 9 heteroatoms. The highest BCUT2D eigenvalue weighted by Crippen LogP contribution is 2.59. The highest BCUT2D eigenvalue weighted by molar-refractivity contribution is 6.08. The molecule has 6 aliphatic rings. The molecule has 0 aromatic heterocycles. The molecule has 2 saturated heterocycles. The minimum Gasteiger partial charge on any atom is -0.502 e. The van der Waals surface area contributed by atoms with Crippen LogP contribution in [0.3, 0.4) is 0 Å². The molecule has 4 amide bonds. The largest absolute Gasteiger partial charge is 0.502 e. The molecule has 0 spiro atoms. The van der Waals surface area contributed by atoms with Crippen LogP contribution < -0.4 is 9.47 Å². The molecular formula is C34H42N2O7. The van der Waals surface area contributed by atoms with Crippen molar-refractivity contribution in [3.05, 3.63) is 29.3 Å². The van der Waals surface area contributed by atoms with E-state index in [1.54, 1.807) is 21.9 Å². The summed E-state index contributed by atoms with van der Waals surface area (Å²) in [5.74, 6) is -3.08. The lowest BCUT2D eigenvalue weighted by Crippen LogP contribution is -2.44. The van der Waals surface area contributed by atoms with Gasteiger partial charge in [0.05, 0.1) is 37.9 Å². The Morgan fingerprint density at radius 3 is 1.72 bits per heavy atom. The second kappa shape index (κ2) is 11.0. The normalized spacial score (nSPS) is 33.3. The second-order valence-electron chi connectivity index (χ2n) is 13.5. The van der Waals surface area contributed by atoms with Gasteiger partial charge in [-0.15, -0.1) is 0 Å². The van der Waals surface area contributed by atoms with Gasteiger partial charge in [0.15, 0.2) is 11.5 Å². The number of benzene rings is 1. The van der Waals surface area contributed by atoms with Crippen molar-refractivity contribution in [3.63, 3.8) is 0 Å². The van der Waals surface area contributed by atoms with E-state index in [4.69, 9.17) is 9.47 Å². The SMILES string of the molecule is COc1cc(C2C3=CCC4C(=O)N(C5CCCCC5)C(=O)C4C3CC3C(=O)N(C4CCCCC4)C(=O)C32)cc(OC)c1O. The number of carbonyl (C=O) groups excluding carboxylic acids is 4. The molecule has 1 aromatic carbocycles. The number of aromatic hydroxyl groups is 1. The van der Waals surface area contributed by atoms with Crippen LogP contribution in [-0.4, -0.2) is 64.8 Å². The Kier molecular flexibility index (Phi) is 7.25. The van der Waals surface area contributed by atoms with Gasteiger partial charge in [-0.1, -0.05) is 50.2 Å². The molecule has 9 nitrogen and oxygen atoms in total. The zero-order chi connectivity index (χ0) is 30.0. The topological polar surface area (TPSA) is 113 Å². The van der Waals surface area contributed by atoms with Crippen LogP contribution in [-0.2, 0) is 19.2 Å². The van der Waals surface area contributed by atoms with Crippen LogP contribution in [0, 0.1) is 29.6 Å². The standard InChI is InChI=1S/C34H42N2O7/c1-42-25-15-18(16-26(43-2)30(25)37)27-21-13-14-22-28(33(40)35(31(22)38)19-9-5-3-6-10-19)23(21)17-24-29(27)34(41)36(32(24)39)20-11-7-4-8-12-20/h13,15-16,19-20,22-24,27-29,37H,3-12,14,17H2,1-2H3. The first-order valence-electron chi connectivity index (χ1n) is 16.2. The predicted octanol–water partition coefficient (Wildman–Crippen LogP) is 4.71. The summed E-state index contributed by atoms with van der Waals surface area (Å²) in [4.78, 5) is 59.6. The van der Waals surface area contributed by atoms with Crippen LogP contribution in [0.4, 0.5) is 0 Å². The number of imide groups is 2. The monoisotopic (exact) mass is 590 g/mol. The molecule has 230 valence electrons. The van der Waals surface area contributed by atoms with Crippen molar-refractivity contribution < 1.29 is 33.8 Å². The van der Waals surface area contributed by atoms with Gasteiger partial charge >= 0.3 is 0 Å². The quantitative estimate of drug-likeness (QED) is 0.390. The van der Waals surface area contributed by atoms with Gasteiger partial charge < -0.3 is 14.6 Å². The molecule has 1 N–H and O–H groups in total. The molecule has 6 atom stereocenters. The number of phenols is 1. The number of phenolic OH excluding ortho intramolecular Hbond substituents is 1. The number of ether oxygens (including phenoxy) is 2. The van der Waals surface area contributed by atoms with Crippen LogP contribution in [0.15, 0.2) is 23.8 Å². The van der Waals surface area contributed by atoms with Crippen LogP contribution in [0.2, 0.25) is 0 Å². The number of nitrogens with zero attached hydrogens (tertiary/aromatic N) is 2. The fourth-order valence-electron chi connectivity index (χ4n) is 9.50. The van der Waals surface area contributed by atoms with E-state index in [1.165, 1.54) is 14.2 Å². The summed E-state index contributed by atoms with van der Waals surface area (Å²) in [6, 6.07) is 3.32.